The van der Waals surface area contributed by atoms with Crippen molar-refractivity contribution in [3.05, 3.63) is 82.9 Å². The number of esters is 1. The Bertz CT molecular complexity index is 1170. The molecule has 3 aromatic carbocycles. The molecule has 2 aliphatic rings. The van der Waals surface area contributed by atoms with E-state index in [0.717, 1.165) is 69.6 Å². The quantitative estimate of drug-likeness (QED) is 0.498. The van der Waals surface area contributed by atoms with Gasteiger partial charge in [-0.1, -0.05) is 29.8 Å². The van der Waals surface area contributed by atoms with Crippen LogP contribution >= 0.6 is 11.6 Å². The first kappa shape index (κ1) is 24.6. The number of piperazine rings is 2. The van der Waals surface area contributed by atoms with Crippen LogP contribution in [0.15, 0.2) is 66.7 Å². The molecular weight excluding hydrogens is 472 g/mol. The molecule has 2 heterocycles. The molecule has 2 aliphatic heterocycles. The van der Waals surface area contributed by atoms with Gasteiger partial charge in [0, 0.05) is 75.3 Å². The van der Waals surface area contributed by atoms with Crippen LogP contribution in [0, 0.1) is 0 Å². The summed E-state index contributed by atoms with van der Waals surface area (Å²) in [5.74, 6) is -0.300. The third-order valence-corrected chi connectivity index (χ3v) is 7.40. The molecule has 188 valence electrons. The Hall–Kier alpha value is -3.06. The van der Waals surface area contributed by atoms with E-state index in [4.69, 9.17) is 16.3 Å². The molecule has 1 N–H and O–H groups in total. The summed E-state index contributed by atoms with van der Waals surface area (Å²) >= 11 is 6.17. The van der Waals surface area contributed by atoms with Gasteiger partial charge in [0.2, 0.25) is 0 Å². The summed E-state index contributed by atoms with van der Waals surface area (Å²) in [6.07, 6.45) is 0. The Morgan fingerprint density at radius 3 is 2.14 bits per heavy atom. The predicted octanol–water partition coefficient (Wildman–Crippen LogP) is 4.53. The lowest BCUT2D eigenvalue weighted by Gasteiger charge is -2.37. The van der Waals surface area contributed by atoms with Crippen molar-refractivity contribution in [1.29, 1.82) is 0 Å². The molecule has 0 aromatic heterocycles. The fourth-order valence-electron chi connectivity index (χ4n) is 5.07. The van der Waals surface area contributed by atoms with E-state index >= 15 is 0 Å². The number of nitrogens with one attached hydrogen (secondary N) is 1. The van der Waals surface area contributed by atoms with E-state index in [9.17, 15) is 4.79 Å². The van der Waals surface area contributed by atoms with Gasteiger partial charge in [-0.05, 0) is 65.2 Å². The summed E-state index contributed by atoms with van der Waals surface area (Å²) in [4.78, 5) is 19.1. The standard InChI is InChI=1S/C29H33ClN4O2/c1-36-29(35)23-4-8-26(9-5-23)34-18-16-32(17-19-34)21-24-20-27(33-14-12-31-13-15-33)10-11-28(24)22-2-6-25(30)7-3-22/h2-11,20,31H,12-19,21H2,1H3. The number of hydrogen-bond acceptors (Lipinski definition) is 6. The first-order valence-electron chi connectivity index (χ1n) is 12.6. The van der Waals surface area contributed by atoms with Crippen molar-refractivity contribution in [2.24, 2.45) is 0 Å². The molecule has 36 heavy (non-hydrogen) atoms. The highest BCUT2D eigenvalue weighted by atomic mass is 35.5. The monoisotopic (exact) mass is 504 g/mol. The van der Waals surface area contributed by atoms with E-state index in [1.165, 1.54) is 29.5 Å². The van der Waals surface area contributed by atoms with Gasteiger partial charge in [-0.3, -0.25) is 4.90 Å². The van der Waals surface area contributed by atoms with E-state index in [-0.39, 0.29) is 5.97 Å². The second-order valence-corrected chi connectivity index (χ2v) is 9.82. The zero-order valence-electron chi connectivity index (χ0n) is 20.8. The number of anilines is 2. The molecule has 0 atom stereocenters. The van der Waals surface area contributed by atoms with Crippen LogP contribution in [0.2, 0.25) is 5.02 Å². The lowest BCUT2D eigenvalue weighted by atomic mass is 9.98. The molecular formula is C29H33ClN4O2. The molecule has 0 spiro atoms. The van der Waals surface area contributed by atoms with E-state index in [0.29, 0.717) is 5.56 Å². The third kappa shape index (κ3) is 5.67. The molecule has 6 nitrogen and oxygen atoms in total. The number of carbonyl (C=O) groups excluding carboxylic acids is 1. The summed E-state index contributed by atoms with van der Waals surface area (Å²) in [7, 11) is 1.41. The average molecular weight is 505 g/mol. The van der Waals surface area contributed by atoms with Crippen molar-refractivity contribution in [3.63, 3.8) is 0 Å². The van der Waals surface area contributed by atoms with Crippen molar-refractivity contribution in [1.82, 2.24) is 10.2 Å². The van der Waals surface area contributed by atoms with Crippen molar-refractivity contribution >= 4 is 28.9 Å². The van der Waals surface area contributed by atoms with Crippen LogP contribution in [0.25, 0.3) is 11.1 Å². The van der Waals surface area contributed by atoms with Crippen LogP contribution in [0.5, 0.6) is 0 Å². The number of benzene rings is 3. The zero-order valence-corrected chi connectivity index (χ0v) is 21.5. The van der Waals surface area contributed by atoms with Gasteiger partial charge in [0.25, 0.3) is 0 Å². The Morgan fingerprint density at radius 1 is 0.833 bits per heavy atom. The predicted molar refractivity (Wildman–Crippen MR) is 147 cm³/mol. The van der Waals surface area contributed by atoms with Gasteiger partial charge in [-0.25, -0.2) is 4.79 Å². The number of ether oxygens (including phenoxy) is 1. The largest absolute Gasteiger partial charge is 0.465 e. The number of carbonyl (C=O) groups is 1. The summed E-state index contributed by atoms with van der Waals surface area (Å²) in [5.41, 5.74) is 6.85. The first-order valence-corrected chi connectivity index (χ1v) is 13.0. The molecule has 0 aliphatic carbocycles. The Balaban J connectivity index is 1.31. The van der Waals surface area contributed by atoms with Gasteiger partial charge in [0.05, 0.1) is 12.7 Å². The number of hydrogen-bond donors (Lipinski definition) is 1. The lowest BCUT2D eigenvalue weighted by Crippen LogP contribution is -2.46. The van der Waals surface area contributed by atoms with Crippen molar-refractivity contribution in [3.8, 4) is 11.1 Å². The van der Waals surface area contributed by atoms with Crippen molar-refractivity contribution in [2.45, 2.75) is 6.54 Å². The molecule has 2 saturated heterocycles. The van der Waals surface area contributed by atoms with Crippen molar-refractivity contribution < 1.29 is 9.53 Å². The number of halogens is 1. The van der Waals surface area contributed by atoms with Crippen molar-refractivity contribution in [2.75, 3.05) is 69.3 Å². The molecule has 0 radical (unpaired) electrons. The highest BCUT2D eigenvalue weighted by Crippen LogP contribution is 2.31. The summed E-state index contributed by atoms with van der Waals surface area (Å²) in [6.45, 7) is 8.89. The van der Waals surface area contributed by atoms with E-state index < -0.39 is 0 Å². The summed E-state index contributed by atoms with van der Waals surface area (Å²) in [5, 5.41) is 4.20. The number of methoxy groups -OCH3 is 1. The maximum Gasteiger partial charge on any atom is 0.337 e. The van der Waals surface area contributed by atoms with Crippen LogP contribution in [-0.4, -0.2) is 70.3 Å². The molecule has 5 rings (SSSR count). The Kier molecular flexibility index (Phi) is 7.75. The zero-order chi connectivity index (χ0) is 24.9. The average Bonchev–Trinajstić information content (AvgIpc) is 2.94. The maximum absolute atomic E-state index is 11.7. The Morgan fingerprint density at radius 2 is 1.47 bits per heavy atom. The molecule has 0 unspecified atom stereocenters. The van der Waals surface area contributed by atoms with Crippen LogP contribution in [0.3, 0.4) is 0 Å². The molecule has 2 fully saturated rings. The normalized spacial score (nSPS) is 16.7. The van der Waals surface area contributed by atoms with Gasteiger partial charge >= 0.3 is 5.97 Å². The SMILES string of the molecule is COC(=O)c1ccc(N2CCN(Cc3cc(N4CCNCC4)ccc3-c3ccc(Cl)cc3)CC2)cc1. The minimum Gasteiger partial charge on any atom is -0.465 e. The van der Waals surface area contributed by atoms with Crippen LogP contribution in [0.4, 0.5) is 11.4 Å². The van der Waals surface area contributed by atoms with Crippen LogP contribution < -0.4 is 15.1 Å². The molecule has 7 heteroatoms. The third-order valence-electron chi connectivity index (χ3n) is 7.15. The fraction of sp³-hybridized carbons (Fsp3) is 0.345. The smallest absolute Gasteiger partial charge is 0.337 e. The van der Waals surface area contributed by atoms with Gasteiger partial charge in [0.15, 0.2) is 0 Å². The summed E-state index contributed by atoms with van der Waals surface area (Å²) < 4.78 is 4.81. The minimum absolute atomic E-state index is 0.300. The van der Waals surface area contributed by atoms with Gasteiger partial charge in [-0.15, -0.1) is 0 Å². The van der Waals surface area contributed by atoms with Gasteiger partial charge in [0.1, 0.15) is 0 Å². The first-order chi connectivity index (χ1) is 17.6. The van der Waals surface area contributed by atoms with Crippen LogP contribution in [0.1, 0.15) is 15.9 Å². The Labute approximate surface area is 218 Å². The van der Waals surface area contributed by atoms with E-state index in [2.05, 4.69) is 50.3 Å². The second kappa shape index (κ2) is 11.3. The van der Waals surface area contributed by atoms with Gasteiger partial charge < -0.3 is 19.9 Å². The minimum atomic E-state index is -0.300. The molecule has 3 aromatic rings. The number of nitrogens with zero attached hydrogens (tertiary/aromatic N) is 3. The van der Waals surface area contributed by atoms with Crippen LogP contribution in [-0.2, 0) is 11.3 Å². The molecule has 0 bridgehead atoms. The van der Waals surface area contributed by atoms with Gasteiger partial charge in [-0.2, -0.15) is 0 Å². The lowest BCUT2D eigenvalue weighted by molar-refractivity contribution is 0.0600. The maximum atomic E-state index is 11.7. The highest BCUT2D eigenvalue weighted by molar-refractivity contribution is 6.30. The number of rotatable bonds is 6. The molecule has 0 amide bonds. The highest BCUT2D eigenvalue weighted by Gasteiger charge is 2.20. The fourth-order valence-corrected chi connectivity index (χ4v) is 5.20. The van der Waals surface area contributed by atoms with E-state index in [1.807, 2.05) is 36.4 Å². The van der Waals surface area contributed by atoms with E-state index in [1.54, 1.807) is 0 Å². The molecule has 0 saturated carbocycles. The topological polar surface area (TPSA) is 48.1 Å². The summed E-state index contributed by atoms with van der Waals surface area (Å²) in [6, 6.07) is 22.8. The second-order valence-electron chi connectivity index (χ2n) is 9.39.